The van der Waals surface area contributed by atoms with Gasteiger partial charge in [0.2, 0.25) is 0 Å². The van der Waals surface area contributed by atoms with Gasteiger partial charge >= 0.3 is 5.51 Å². The second-order valence-corrected chi connectivity index (χ2v) is 6.25. The van der Waals surface area contributed by atoms with Gasteiger partial charge in [-0.15, -0.1) is 11.6 Å². The number of hydrogen-bond acceptors (Lipinski definition) is 3. The van der Waals surface area contributed by atoms with E-state index in [0.29, 0.717) is 0 Å². The SMILES string of the molecule is CC(CCl)N(C)c1ccccc1S(=O)(=O)C(F)(F)F. The van der Waals surface area contributed by atoms with Crippen molar-refractivity contribution in [2.24, 2.45) is 0 Å². The van der Waals surface area contributed by atoms with Crippen LogP contribution in [0.15, 0.2) is 29.2 Å². The Hall–Kier alpha value is -0.950. The Bertz CT molecular complexity index is 545. The van der Waals surface area contributed by atoms with Crippen molar-refractivity contribution in [3.05, 3.63) is 24.3 Å². The first-order chi connectivity index (χ1) is 8.63. The van der Waals surface area contributed by atoms with E-state index in [1.54, 1.807) is 6.92 Å². The third-order valence-electron chi connectivity index (χ3n) is 2.72. The van der Waals surface area contributed by atoms with Crippen LogP contribution in [-0.2, 0) is 9.84 Å². The number of para-hydroxylation sites is 1. The van der Waals surface area contributed by atoms with Crippen LogP contribution in [0.25, 0.3) is 0 Å². The van der Waals surface area contributed by atoms with Gasteiger partial charge in [0.25, 0.3) is 9.84 Å². The minimum Gasteiger partial charge on any atom is -0.370 e. The molecule has 0 aliphatic heterocycles. The highest BCUT2D eigenvalue weighted by molar-refractivity contribution is 7.92. The van der Waals surface area contributed by atoms with Gasteiger partial charge in [-0.25, -0.2) is 8.42 Å². The molecule has 0 heterocycles. The predicted molar refractivity (Wildman–Crippen MR) is 68.3 cm³/mol. The van der Waals surface area contributed by atoms with E-state index in [4.69, 9.17) is 11.6 Å². The first-order valence-corrected chi connectivity index (χ1v) is 7.34. The average Bonchev–Trinajstić information content (AvgIpc) is 2.35. The number of benzene rings is 1. The van der Waals surface area contributed by atoms with Gasteiger partial charge in [-0.3, -0.25) is 0 Å². The summed E-state index contributed by atoms with van der Waals surface area (Å²) in [6.45, 7) is 1.68. The van der Waals surface area contributed by atoms with Gasteiger partial charge < -0.3 is 4.90 Å². The largest absolute Gasteiger partial charge is 0.501 e. The maximum absolute atomic E-state index is 12.6. The van der Waals surface area contributed by atoms with Crippen molar-refractivity contribution < 1.29 is 21.6 Å². The molecule has 0 N–H and O–H groups in total. The summed E-state index contributed by atoms with van der Waals surface area (Å²) in [7, 11) is -3.88. The summed E-state index contributed by atoms with van der Waals surface area (Å²) < 4.78 is 60.8. The smallest absolute Gasteiger partial charge is 0.370 e. The predicted octanol–water partition coefficient (Wildman–Crippen LogP) is 3.04. The van der Waals surface area contributed by atoms with Crippen molar-refractivity contribution in [2.45, 2.75) is 23.4 Å². The van der Waals surface area contributed by atoms with E-state index in [1.807, 2.05) is 0 Å². The lowest BCUT2D eigenvalue weighted by Gasteiger charge is -2.27. The number of anilines is 1. The van der Waals surface area contributed by atoms with Gasteiger partial charge in [-0.1, -0.05) is 12.1 Å². The zero-order chi connectivity index (χ0) is 14.8. The molecule has 0 saturated heterocycles. The van der Waals surface area contributed by atoms with Crippen molar-refractivity contribution in [1.82, 2.24) is 0 Å². The van der Waals surface area contributed by atoms with E-state index in [9.17, 15) is 21.6 Å². The van der Waals surface area contributed by atoms with Crippen LogP contribution < -0.4 is 4.90 Å². The number of sulfone groups is 1. The molecular weight excluding hydrogens is 303 g/mol. The molecule has 0 saturated carbocycles. The molecular formula is C11H13ClF3NO2S. The molecule has 108 valence electrons. The number of alkyl halides is 4. The van der Waals surface area contributed by atoms with Crippen LogP contribution in [0.1, 0.15) is 6.92 Å². The molecule has 0 aliphatic carbocycles. The van der Waals surface area contributed by atoms with E-state index in [-0.39, 0.29) is 17.6 Å². The van der Waals surface area contributed by atoms with Crippen molar-refractivity contribution >= 4 is 27.1 Å². The monoisotopic (exact) mass is 315 g/mol. The number of nitrogens with zero attached hydrogens (tertiary/aromatic N) is 1. The van der Waals surface area contributed by atoms with Gasteiger partial charge in [0, 0.05) is 19.0 Å². The molecule has 0 fully saturated rings. The fourth-order valence-corrected chi connectivity index (χ4v) is 2.64. The van der Waals surface area contributed by atoms with Crippen LogP contribution >= 0.6 is 11.6 Å². The molecule has 1 aromatic carbocycles. The number of halogens is 4. The molecule has 1 unspecified atom stereocenters. The highest BCUT2D eigenvalue weighted by Gasteiger charge is 2.48. The van der Waals surface area contributed by atoms with Crippen LogP contribution in [0.3, 0.4) is 0 Å². The molecule has 1 aromatic rings. The van der Waals surface area contributed by atoms with Gasteiger partial charge in [0.15, 0.2) is 0 Å². The first-order valence-electron chi connectivity index (χ1n) is 5.32. The second kappa shape index (κ2) is 5.58. The fraction of sp³-hybridized carbons (Fsp3) is 0.455. The third-order valence-corrected chi connectivity index (χ3v) is 4.70. The summed E-state index contributed by atoms with van der Waals surface area (Å²) in [5.74, 6) is 0.164. The zero-order valence-corrected chi connectivity index (χ0v) is 11.9. The van der Waals surface area contributed by atoms with Gasteiger partial charge in [0.1, 0.15) is 0 Å². The van der Waals surface area contributed by atoms with Gasteiger partial charge in [-0.05, 0) is 19.1 Å². The normalized spacial score (nSPS) is 14.2. The molecule has 0 bridgehead atoms. The average molecular weight is 316 g/mol. The lowest BCUT2D eigenvalue weighted by molar-refractivity contribution is -0.0435. The quantitative estimate of drug-likeness (QED) is 0.801. The molecule has 19 heavy (non-hydrogen) atoms. The minimum atomic E-state index is -5.38. The molecule has 3 nitrogen and oxygen atoms in total. The Balaban J connectivity index is 3.40. The van der Waals surface area contributed by atoms with E-state index < -0.39 is 20.2 Å². The first kappa shape index (κ1) is 16.1. The molecule has 0 amide bonds. The van der Waals surface area contributed by atoms with E-state index >= 15 is 0 Å². The Kier molecular flexibility index (Phi) is 4.73. The highest BCUT2D eigenvalue weighted by atomic mass is 35.5. The van der Waals surface area contributed by atoms with Crippen LogP contribution in [0.4, 0.5) is 18.9 Å². The Morgan fingerprint density at radius 1 is 1.32 bits per heavy atom. The van der Waals surface area contributed by atoms with Crippen LogP contribution in [0, 0.1) is 0 Å². The fourth-order valence-electron chi connectivity index (χ4n) is 1.44. The molecule has 0 radical (unpaired) electrons. The van der Waals surface area contributed by atoms with Crippen molar-refractivity contribution in [2.75, 3.05) is 17.8 Å². The summed E-state index contributed by atoms with van der Waals surface area (Å²) in [4.78, 5) is 0.646. The highest BCUT2D eigenvalue weighted by Crippen LogP contribution is 2.35. The number of rotatable bonds is 4. The van der Waals surface area contributed by atoms with E-state index in [2.05, 4.69) is 0 Å². The van der Waals surface area contributed by atoms with Crippen molar-refractivity contribution in [3.8, 4) is 0 Å². The molecule has 0 aliphatic rings. The minimum absolute atomic E-state index is 0.0204. The summed E-state index contributed by atoms with van der Waals surface area (Å²) >= 11 is 5.64. The van der Waals surface area contributed by atoms with Crippen LogP contribution in [-0.4, -0.2) is 32.9 Å². The lowest BCUT2D eigenvalue weighted by Crippen LogP contribution is -2.33. The van der Waals surface area contributed by atoms with E-state index in [1.165, 1.54) is 30.1 Å². The molecule has 0 spiro atoms. The maximum atomic E-state index is 12.6. The van der Waals surface area contributed by atoms with Crippen molar-refractivity contribution in [1.29, 1.82) is 0 Å². The van der Waals surface area contributed by atoms with Gasteiger partial charge in [-0.2, -0.15) is 13.2 Å². The molecule has 1 rings (SSSR count). The number of hydrogen-bond donors (Lipinski definition) is 0. The molecule has 1 atom stereocenters. The Morgan fingerprint density at radius 3 is 2.32 bits per heavy atom. The summed E-state index contributed by atoms with van der Waals surface area (Å²) in [6.07, 6.45) is 0. The topological polar surface area (TPSA) is 37.4 Å². The standard InChI is InChI=1S/C11H13ClF3NO2S/c1-8(7-12)16(2)9-5-3-4-6-10(9)19(17,18)11(13,14)15/h3-6,8H,7H2,1-2H3. The molecule has 0 aromatic heterocycles. The Morgan fingerprint density at radius 2 is 1.84 bits per heavy atom. The summed E-state index contributed by atoms with van der Waals surface area (Å²) in [5.41, 5.74) is -5.35. The van der Waals surface area contributed by atoms with Gasteiger partial charge in [0.05, 0.1) is 10.6 Å². The summed E-state index contributed by atoms with van der Waals surface area (Å²) in [6, 6.07) is 4.69. The molecule has 8 heteroatoms. The van der Waals surface area contributed by atoms with Crippen LogP contribution in [0.2, 0.25) is 0 Å². The Labute approximate surface area is 114 Å². The second-order valence-electron chi connectivity index (χ2n) is 4.03. The van der Waals surface area contributed by atoms with Crippen LogP contribution in [0.5, 0.6) is 0 Å². The zero-order valence-electron chi connectivity index (χ0n) is 10.3. The third kappa shape index (κ3) is 3.14. The van der Waals surface area contributed by atoms with E-state index in [0.717, 1.165) is 6.07 Å². The lowest BCUT2D eigenvalue weighted by atomic mass is 10.2. The summed E-state index contributed by atoms with van der Waals surface area (Å²) in [5, 5.41) is 0. The van der Waals surface area contributed by atoms with Crippen molar-refractivity contribution in [3.63, 3.8) is 0 Å². The maximum Gasteiger partial charge on any atom is 0.501 e.